The Morgan fingerprint density at radius 1 is 0.818 bits per heavy atom. The second-order valence-electron chi connectivity index (χ2n) is 9.02. The zero-order chi connectivity index (χ0) is 23.6. The monoisotopic (exact) mass is 442 g/mol. The third-order valence-corrected chi connectivity index (χ3v) is 5.59. The lowest BCUT2D eigenvalue weighted by molar-refractivity contribution is -0.140. The molecule has 2 amide bonds. The Hall–Kier alpha value is -3.40. The number of benzene rings is 3. The number of nitrogens with zero attached hydrogens (tertiary/aromatic N) is 1. The van der Waals surface area contributed by atoms with Crippen molar-refractivity contribution >= 4 is 11.8 Å². The lowest BCUT2D eigenvalue weighted by atomic mass is 10.0. The molecule has 0 saturated heterocycles. The summed E-state index contributed by atoms with van der Waals surface area (Å²) in [4.78, 5) is 28.8. The summed E-state index contributed by atoms with van der Waals surface area (Å²) in [6.45, 7) is 7.12. The van der Waals surface area contributed by atoms with Gasteiger partial charge in [0.2, 0.25) is 11.8 Å². The Morgan fingerprint density at radius 2 is 1.42 bits per heavy atom. The van der Waals surface area contributed by atoms with E-state index in [0.29, 0.717) is 25.4 Å². The smallest absolute Gasteiger partial charge is 0.243 e. The molecule has 3 rings (SSSR count). The van der Waals surface area contributed by atoms with Crippen molar-refractivity contribution in [2.45, 2.75) is 46.2 Å². The molecule has 4 heteroatoms. The molecule has 33 heavy (non-hydrogen) atoms. The van der Waals surface area contributed by atoms with E-state index in [1.54, 1.807) is 4.90 Å². The molecule has 4 nitrogen and oxygen atoms in total. The van der Waals surface area contributed by atoms with Crippen LogP contribution in [0.2, 0.25) is 0 Å². The van der Waals surface area contributed by atoms with Crippen molar-refractivity contribution < 1.29 is 9.59 Å². The van der Waals surface area contributed by atoms with Crippen molar-refractivity contribution in [1.29, 1.82) is 0 Å². The minimum atomic E-state index is -0.594. The van der Waals surface area contributed by atoms with Crippen LogP contribution in [0.4, 0.5) is 0 Å². The molecule has 0 unspecified atom stereocenters. The molecule has 0 aliphatic heterocycles. The van der Waals surface area contributed by atoms with E-state index in [9.17, 15) is 9.59 Å². The zero-order valence-electron chi connectivity index (χ0n) is 19.8. The molecule has 0 aromatic heterocycles. The number of carbonyl (C=O) groups excluding carboxylic acids is 2. The summed E-state index contributed by atoms with van der Waals surface area (Å²) in [5.41, 5.74) is 4.11. The van der Waals surface area contributed by atoms with E-state index in [0.717, 1.165) is 22.3 Å². The Labute approximate surface area is 197 Å². The number of nitrogens with one attached hydrogen (secondary N) is 1. The van der Waals surface area contributed by atoms with Gasteiger partial charge in [-0.2, -0.15) is 0 Å². The van der Waals surface area contributed by atoms with E-state index >= 15 is 0 Å². The topological polar surface area (TPSA) is 49.4 Å². The van der Waals surface area contributed by atoms with Gasteiger partial charge in [0.15, 0.2) is 0 Å². The highest BCUT2D eigenvalue weighted by atomic mass is 16.2. The average Bonchev–Trinajstić information content (AvgIpc) is 2.81. The fourth-order valence-corrected chi connectivity index (χ4v) is 3.85. The summed E-state index contributed by atoms with van der Waals surface area (Å²) in [7, 11) is 0. The van der Waals surface area contributed by atoms with Crippen LogP contribution in [0.15, 0.2) is 84.9 Å². The van der Waals surface area contributed by atoms with Crippen LogP contribution < -0.4 is 5.32 Å². The largest absolute Gasteiger partial charge is 0.354 e. The van der Waals surface area contributed by atoms with Gasteiger partial charge in [-0.15, -0.1) is 0 Å². The van der Waals surface area contributed by atoms with Crippen LogP contribution in [0.5, 0.6) is 0 Å². The van der Waals surface area contributed by atoms with E-state index in [-0.39, 0.29) is 18.2 Å². The third-order valence-electron chi connectivity index (χ3n) is 5.59. The molecule has 0 radical (unpaired) electrons. The van der Waals surface area contributed by atoms with Crippen molar-refractivity contribution in [3.05, 3.63) is 107 Å². The zero-order valence-corrected chi connectivity index (χ0v) is 19.8. The number of aryl methyl sites for hydroxylation is 1. The highest BCUT2D eigenvalue weighted by Gasteiger charge is 2.30. The summed E-state index contributed by atoms with van der Waals surface area (Å²) in [6.07, 6.45) is 0.731. The summed E-state index contributed by atoms with van der Waals surface area (Å²) in [5, 5.41) is 3.06. The molecule has 172 valence electrons. The van der Waals surface area contributed by atoms with Crippen molar-refractivity contribution in [3.8, 4) is 0 Å². The number of hydrogen-bond acceptors (Lipinski definition) is 2. The minimum Gasteiger partial charge on any atom is -0.354 e. The van der Waals surface area contributed by atoms with E-state index in [1.807, 2.05) is 91.9 Å². The third kappa shape index (κ3) is 7.60. The molecule has 1 N–H and O–H groups in total. The van der Waals surface area contributed by atoms with Gasteiger partial charge in [-0.25, -0.2) is 0 Å². The number of hydrogen-bond donors (Lipinski definition) is 1. The molecule has 0 heterocycles. The maximum Gasteiger partial charge on any atom is 0.243 e. The minimum absolute atomic E-state index is 0.0509. The maximum atomic E-state index is 13.6. The highest BCUT2D eigenvalue weighted by molar-refractivity contribution is 5.88. The van der Waals surface area contributed by atoms with Gasteiger partial charge in [0.05, 0.1) is 6.42 Å². The van der Waals surface area contributed by atoms with E-state index < -0.39 is 6.04 Å². The second-order valence-corrected chi connectivity index (χ2v) is 9.02. The molecule has 3 aromatic rings. The lowest BCUT2D eigenvalue weighted by Gasteiger charge is -2.32. The van der Waals surface area contributed by atoms with Crippen LogP contribution >= 0.6 is 0 Å². The van der Waals surface area contributed by atoms with Gasteiger partial charge in [0, 0.05) is 19.5 Å². The van der Waals surface area contributed by atoms with Gasteiger partial charge >= 0.3 is 0 Å². The molecule has 0 saturated carbocycles. The quantitative estimate of drug-likeness (QED) is 0.483. The average molecular weight is 443 g/mol. The van der Waals surface area contributed by atoms with E-state index in [1.165, 1.54) is 0 Å². The number of amides is 2. The fourth-order valence-electron chi connectivity index (χ4n) is 3.85. The molecule has 0 spiro atoms. The molecule has 1 atom stereocenters. The van der Waals surface area contributed by atoms with Crippen LogP contribution in [-0.4, -0.2) is 29.3 Å². The Balaban J connectivity index is 1.93. The number of carbonyl (C=O) groups is 2. The first-order valence-corrected chi connectivity index (χ1v) is 11.6. The molecular weight excluding hydrogens is 408 g/mol. The maximum absolute atomic E-state index is 13.6. The molecule has 0 aliphatic carbocycles. The second kappa shape index (κ2) is 12.0. The summed E-state index contributed by atoms with van der Waals surface area (Å²) < 4.78 is 0. The van der Waals surface area contributed by atoms with Gasteiger partial charge in [0.1, 0.15) is 6.04 Å². The molecular formula is C29H34N2O2. The SMILES string of the molecule is Cc1cccc(CC(=O)N(Cc2ccccc2)[C@H](Cc2ccccc2)C(=O)NCC(C)C)c1. The molecule has 0 fully saturated rings. The van der Waals surface area contributed by atoms with Crippen LogP contribution in [-0.2, 0) is 29.0 Å². The van der Waals surface area contributed by atoms with Crippen molar-refractivity contribution in [2.75, 3.05) is 6.54 Å². The first kappa shape index (κ1) is 24.2. The van der Waals surface area contributed by atoms with Gasteiger partial charge < -0.3 is 10.2 Å². The molecule has 0 aliphatic rings. The number of rotatable bonds is 10. The van der Waals surface area contributed by atoms with E-state index in [2.05, 4.69) is 19.2 Å². The highest BCUT2D eigenvalue weighted by Crippen LogP contribution is 2.17. The Bertz CT molecular complexity index is 1030. The Morgan fingerprint density at radius 3 is 2.03 bits per heavy atom. The predicted molar refractivity (Wildman–Crippen MR) is 134 cm³/mol. The van der Waals surface area contributed by atoms with Crippen LogP contribution in [0.1, 0.15) is 36.1 Å². The predicted octanol–water partition coefficient (Wildman–Crippen LogP) is 4.95. The first-order valence-electron chi connectivity index (χ1n) is 11.6. The van der Waals surface area contributed by atoms with Crippen LogP contribution in [0, 0.1) is 12.8 Å². The van der Waals surface area contributed by atoms with Gasteiger partial charge in [-0.1, -0.05) is 104 Å². The Kier molecular flexibility index (Phi) is 8.82. The standard InChI is InChI=1S/C29H34N2O2/c1-22(2)20-30-29(33)27(18-24-12-6-4-7-13-24)31(21-25-14-8-5-9-15-25)28(32)19-26-16-10-11-23(3)17-26/h4-17,22,27H,18-21H2,1-3H3,(H,30,33)/t27-/m1/s1. The molecule has 0 bridgehead atoms. The lowest BCUT2D eigenvalue weighted by Crippen LogP contribution is -2.51. The summed E-state index contributed by atoms with van der Waals surface area (Å²) in [5.74, 6) is 0.169. The van der Waals surface area contributed by atoms with Crippen LogP contribution in [0.25, 0.3) is 0 Å². The van der Waals surface area contributed by atoms with Gasteiger partial charge in [-0.05, 0) is 29.5 Å². The van der Waals surface area contributed by atoms with Crippen LogP contribution in [0.3, 0.4) is 0 Å². The molecule has 3 aromatic carbocycles. The van der Waals surface area contributed by atoms with Gasteiger partial charge in [0.25, 0.3) is 0 Å². The van der Waals surface area contributed by atoms with Crippen molar-refractivity contribution in [1.82, 2.24) is 10.2 Å². The fraction of sp³-hybridized carbons (Fsp3) is 0.310. The normalized spacial score (nSPS) is 11.8. The summed E-state index contributed by atoms with van der Waals surface area (Å²) in [6, 6.07) is 27.2. The van der Waals surface area contributed by atoms with Gasteiger partial charge in [-0.3, -0.25) is 9.59 Å². The van der Waals surface area contributed by atoms with Crippen molar-refractivity contribution in [2.24, 2.45) is 5.92 Å². The van der Waals surface area contributed by atoms with E-state index in [4.69, 9.17) is 0 Å². The van der Waals surface area contributed by atoms with Crippen molar-refractivity contribution in [3.63, 3.8) is 0 Å². The first-order chi connectivity index (χ1) is 15.9. The summed E-state index contributed by atoms with van der Waals surface area (Å²) >= 11 is 0.